The number of carbonyl (C=O) groups is 1. The Kier molecular flexibility index (Phi) is 3.76. The van der Waals surface area contributed by atoms with E-state index in [2.05, 4.69) is 45.7 Å². The molecular weight excluding hydrogens is 292 g/mol. The summed E-state index contributed by atoms with van der Waals surface area (Å²) in [5, 5.41) is 3.85. The molecule has 3 nitrogen and oxygen atoms in total. The average molecular weight is 309 g/mol. The van der Waals surface area contributed by atoms with Crippen LogP contribution in [0.3, 0.4) is 0 Å². The van der Waals surface area contributed by atoms with Gasteiger partial charge in [0.25, 0.3) is 5.91 Å². The lowest BCUT2D eigenvalue weighted by atomic mass is 10.1. The van der Waals surface area contributed by atoms with Crippen molar-refractivity contribution in [3.8, 4) is 0 Å². The molecule has 1 heterocycles. The van der Waals surface area contributed by atoms with Crippen molar-refractivity contribution < 1.29 is 4.79 Å². The van der Waals surface area contributed by atoms with Crippen LogP contribution >= 0.6 is 15.9 Å². The van der Waals surface area contributed by atoms with Crippen LogP contribution in [0.25, 0.3) is 10.9 Å². The molecule has 1 N–H and O–H groups in total. The van der Waals surface area contributed by atoms with E-state index < -0.39 is 0 Å². The van der Waals surface area contributed by atoms with Gasteiger partial charge in [0.1, 0.15) is 0 Å². The highest BCUT2D eigenvalue weighted by atomic mass is 79.9. The predicted octanol–water partition coefficient (Wildman–Crippen LogP) is 3.73. The van der Waals surface area contributed by atoms with E-state index >= 15 is 0 Å². The number of rotatable bonds is 3. The maximum absolute atomic E-state index is 12.0. The molecule has 0 aliphatic heterocycles. The van der Waals surface area contributed by atoms with Crippen molar-refractivity contribution in [1.82, 2.24) is 9.88 Å². The van der Waals surface area contributed by atoms with Crippen molar-refractivity contribution in [3.05, 3.63) is 34.4 Å². The van der Waals surface area contributed by atoms with Crippen LogP contribution in [0.2, 0.25) is 0 Å². The number of benzene rings is 1. The van der Waals surface area contributed by atoms with E-state index in [9.17, 15) is 4.79 Å². The summed E-state index contributed by atoms with van der Waals surface area (Å²) in [7, 11) is 0. The SMILES string of the molecule is CCNC(=O)c1cn(C(C)C)c2cc(Br)ccc12. The van der Waals surface area contributed by atoms with Crippen molar-refractivity contribution >= 4 is 32.7 Å². The lowest BCUT2D eigenvalue weighted by Crippen LogP contribution is -2.22. The second-order valence-corrected chi connectivity index (χ2v) is 5.48. The number of nitrogens with one attached hydrogen (secondary N) is 1. The number of carbonyl (C=O) groups excluding carboxylic acids is 1. The average Bonchev–Trinajstić information content (AvgIpc) is 2.68. The van der Waals surface area contributed by atoms with Gasteiger partial charge in [-0.1, -0.05) is 22.0 Å². The maximum atomic E-state index is 12.0. The molecule has 0 atom stereocenters. The third-order valence-corrected chi connectivity index (χ3v) is 3.43. The fraction of sp³-hybridized carbons (Fsp3) is 0.357. The summed E-state index contributed by atoms with van der Waals surface area (Å²) in [5.41, 5.74) is 1.83. The molecule has 0 unspecified atom stereocenters. The summed E-state index contributed by atoms with van der Waals surface area (Å²) < 4.78 is 3.16. The summed E-state index contributed by atoms with van der Waals surface area (Å²) in [5.74, 6) is -0.00998. The normalized spacial score (nSPS) is 11.2. The van der Waals surface area contributed by atoms with Gasteiger partial charge in [0.15, 0.2) is 0 Å². The molecular formula is C14H17BrN2O. The van der Waals surface area contributed by atoms with Crippen LogP contribution in [0.1, 0.15) is 37.2 Å². The molecule has 18 heavy (non-hydrogen) atoms. The van der Waals surface area contributed by atoms with Crippen molar-refractivity contribution in [2.45, 2.75) is 26.8 Å². The van der Waals surface area contributed by atoms with Crippen LogP contribution < -0.4 is 5.32 Å². The Balaban J connectivity index is 2.64. The molecule has 96 valence electrons. The second-order valence-electron chi connectivity index (χ2n) is 4.56. The van der Waals surface area contributed by atoms with Gasteiger partial charge >= 0.3 is 0 Å². The molecule has 1 aromatic heterocycles. The molecule has 0 bridgehead atoms. The molecule has 0 saturated heterocycles. The van der Waals surface area contributed by atoms with Gasteiger partial charge < -0.3 is 9.88 Å². The number of amides is 1. The van der Waals surface area contributed by atoms with Gasteiger partial charge in [0.2, 0.25) is 0 Å². The fourth-order valence-corrected chi connectivity index (χ4v) is 2.44. The molecule has 0 aliphatic carbocycles. The Morgan fingerprint density at radius 1 is 1.44 bits per heavy atom. The van der Waals surface area contributed by atoms with E-state index in [0.717, 1.165) is 20.9 Å². The molecule has 1 amide bonds. The third kappa shape index (κ3) is 2.29. The van der Waals surface area contributed by atoms with Gasteiger partial charge in [-0.3, -0.25) is 4.79 Å². The van der Waals surface area contributed by atoms with E-state index in [-0.39, 0.29) is 5.91 Å². The van der Waals surface area contributed by atoms with Gasteiger partial charge in [-0.05, 0) is 32.9 Å². The minimum Gasteiger partial charge on any atom is -0.352 e. The Labute approximate surface area is 115 Å². The standard InChI is InChI=1S/C14H17BrN2O/c1-4-16-14(18)12-8-17(9(2)3)13-7-10(15)5-6-11(12)13/h5-9H,4H2,1-3H3,(H,16,18). The van der Waals surface area contributed by atoms with Gasteiger partial charge in [-0.25, -0.2) is 0 Å². The van der Waals surface area contributed by atoms with Crippen molar-refractivity contribution in [2.75, 3.05) is 6.54 Å². The highest BCUT2D eigenvalue weighted by molar-refractivity contribution is 9.10. The second kappa shape index (κ2) is 5.14. The Morgan fingerprint density at radius 2 is 2.17 bits per heavy atom. The molecule has 0 fully saturated rings. The highest BCUT2D eigenvalue weighted by Crippen LogP contribution is 2.27. The van der Waals surface area contributed by atoms with Gasteiger partial charge in [-0.2, -0.15) is 0 Å². The topological polar surface area (TPSA) is 34.0 Å². The Hall–Kier alpha value is -1.29. The van der Waals surface area contributed by atoms with E-state index in [1.165, 1.54) is 0 Å². The van der Waals surface area contributed by atoms with Crippen LogP contribution in [-0.2, 0) is 0 Å². The Bertz CT molecular complexity index is 587. The van der Waals surface area contributed by atoms with Crippen LogP contribution in [0, 0.1) is 0 Å². The number of fused-ring (bicyclic) bond motifs is 1. The first-order chi connectivity index (χ1) is 8.54. The number of halogens is 1. The minimum atomic E-state index is -0.00998. The van der Waals surface area contributed by atoms with E-state index in [1.807, 2.05) is 25.3 Å². The monoisotopic (exact) mass is 308 g/mol. The van der Waals surface area contributed by atoms with Crippen LogP contribution in [0.15, 0.2) is 28.9 Å². The van der Waals surface area contributed by atoms with Crippen molar-refractivity contribution in [2.24, 2.45) is 0 Å². The minimum absolute atomic E-state index is 0.00998. The van der Waals surface area contributed by atoms with Gasteiger partial charge in [0, 0.05) is 28.6 Å². The largest absolute Gasteiger partial charge is 0.352 e. The molecule has 4 heteroatoms. The molecule has 0 saturated carbocycles. The van der Waals surface area contributed by atoms with E-state index in [4.69, 9.17) is 0 Å². The Morgan fingerprint density at radius 3 is 2.78 bits per heavy atom. The lowest BCUT2D eigenvalue weighted by molar-refractivity contribution is 0.0957. The number of aromatic nitrogens is 1. The summed E-state index contributed by atoms with van der Waals surface area (Å²) in [6.07, 6.45) is 1.94. The number of hydrogen-bond donors (Lipinski definition) is 1. The molecule has 2 rings (SSSR count). The first kappa shape index (κ1) is 13.1. The first-order valence-electron chi connectivity index (χ1n) is 6.13. The molecule has 2 aromatic rings. The third-order valence-electron chi connectivity index (χ3n) is 2.93. The van der Waals surface area contributed by atoms with Crippen LogP contribution in [0.4, 0.5) is 0 Å². The molecule has 0 radical (unpaired) electrons. The smallest absolute Gasteiger partial charge is 0.253 e. The zero-order valence-electron chi connectivity index (χ0n) is 10.8. The van der Waals surface area contributed by atoms with Crippen molar-refractivity contribution in [3.63, 3.8) is 0 Å². The number of nitrogens with zero attached hydrogens (tertiary/aromatic N) is 1. The maximum Gasteiger partial charge on any atom is 0.253 e. The highest BCUT2D eigenvalue weighted by Gasteiger charge is 2.15. The van der Waals surface area contributed by atoms with Crippen molar-refractivity contribution in [1.29, 1.82) is 0 Å². The zero-order valence-corrected chi connectivity index (χ0v) is 12.4. The van der Waals surface area contributed by atoms with Crippen LogP contribution in [-0.4, -0.2) is 17.0 Å². The molecule has 0 spiro atoms. The lowest BCUT2D eigenvalue weighted by Gasteiger charge is -2.08. The van der Waals surface area contributed by atoms with Gasteiger partial charge in [-0.15, -0.1) is 0 Å². The molecule has 1 aromatic carbocycles. The summed E-state index contributed by atoms with van der Waals surface area (Å²) in [4.78, 5) is 12.0. The van der Waals surface area contributed by atoms with Gasteiger partial charge in [0.05, 0.1) is 11.1 Å². The first-order valence-corrected chi connectivity index (χ1v) is 6.92. The summed E-state index contributed by atoms with van der Waals surface area (Å²) in [6.45, 7) is 6.80. The fourth-order valence-electron chi connectivity index (χ4n) is 2.09. The number of hydrogen-bond acceptors (Lipinski definition) is 1. The molecule has 0 aliphatic rings. The predicted molar refractivity (Wildman–Crippen MR) is 78.0 cm³/mol. The zero-order chi connectivity index (χ0) is 13.3. The summed E-state index contributed by atoms with van der Waals surface area (Å²) >= 11 is 3.48. The summed E-state index contributed by atoms with van der Waals surface area (Å²) in [6, 6.07) is 6.33. The quantitative estimate of drug-likeness (QED) is 0.921. The van der Waals surface area contributed by atoms with E-state index in [1.54, 1.807) is 0 Å². The van der Waals surface area contributed by atoms with Crippen LogP contribution in [0.5, 0.6) is 0 Å². The van der Waals surface area contributed by atoms with E-state index in [0.29, 0.717) is 12.6 Å².